The first-order valence-corrected chi connectivity index (χ1v) is 8.96. The second kappa shape index (κ2) is 7.21. The second-order valence-corrected chi connectivity index (χ2v) is 7.28. The fraction of sp³-hybridized carbons (Fsp3) is 0.400. The van der Waals surface area contributed by atoms with Crippen LogP contribution in [-0.2, 0) is 15.3 Å². The van der Waals surface area contributed by atoms with E-state index in [9.17, 15) is 4.79 Å². The summed E-state index contributed by atoms with van der Waals surface area (Å²) in [5, 5.41) is 11.5. The Morgan fingerprint density at radius 3 is 3.09 bits per heavy atom. The van der Waals surface area contributed by atoms with Crippen LogP contribution in [0.1, 0.15) is 24.0 Å². The Morgan fingerprint density at radius 2 is 2.32 bits per heavy atom. The number of rotatable bonds is 5. The average molecular weight is 335 g/mol. The molecule has 5 nitrogen and oxygen atoms in total. The lowest BCUT2D eigenvalue weighted by Gasteiger charge is -2.07. The van der Waals surface area contributed by atoms with Crippen molar-refractivity contribution in [2.45, 2.75) is 36.0 Å². The van der Waals surface area contributed by atoms with Crippen LogP contribution < -0.4 is 5.32 Å². The third-order valence-electron chi connectivity index (χ3n) is 3.47. The van der Waals surface area contributed by atoms with Crippen LogP contribution in [0.15, 0.2) is 28.6 Å². The predicted octanol–water partition coefficient (Wildman–Crippen LogP) is 3.26. The number of aryl methyl sites for hydroxylation is 1. The Bertz CT molecular complexity index is 654. The predicted molar refractivity (Wildman–Crippen MR) is 88.3 cm³/mol. The van der Waals surface area contributed by atoms with Gasteiger partial charge in [0, 0.05) is 12.4 Å². The smallest absolute Gasteiger partial charge is 0.255 e. The van der Waals surface area contributed by atoms with Gasteiger partial charge in [0.1, 0.15) is 6.10 Å². The Labute approximate surface area is 137 Å². The molecule has 3 rings (SSSR count). The van der Waals surface area contributed by atoms with Gasteiger partial charge in [-0.3, -0.25) is 10.1 Å². The molecule has 1 amide bonds. The molecule has 1 aliphatic heterocycles. The molecule has 2 aromatic rings. The maximum atomic E-state index is 11.9. The average Bonchev–Trinajstić information content (AvgIpc) is 3.18. The maximum Gasteiger partial charge on any atom is 0.255 e. The Kier molecular flexibility index (Phi) is 5.07. The molecule has 0 unspecified atom stereocenters. The van der Waals surface area contributed by atoms with E-state index in [4.69, 9.17) is 4.74 Å². The van der Waals surface area contributed by atoms with Gasteiger partial charge in [-0.05, 0) is 30.9 Å². The Morgan fingerprint density at radius 1 is 1.45 bits per heavy atom. The zero-order chi connectivity index (χ0) is 15.4. The van der Waals surface area contributed by atoms with Crippen molar-refractivity contribution in [2.24, 2.45) is 0 Å². The van der Waals surface area contributed by atoms with Crippen molar-refractivity contribution >= 4 is 34.1 Å². The molecular formula is C15H17N3O2S2. The molecular weight excluding hydrogens is 318 g/mol. The van der Waals surface area contributed by atoms with Crippen LogP contribution in [0.2, 0.25) is 0 Å². The van der Waals surface area contributed by atoms with E-state index in [2.05, 4.69) is 34.6 Å². The number of nitrogens with zero attached hydrogens (tertiary/aromatic N) is 2. The number of carbonyl (C=O) groups excluding carboxylic acids is 1. The molecule has 0 aliphatic carbocycles. The van der Waals surface area contributed by atoms with Crippen LogP contribution in [0.3, 0.4) is 0 Å². The van der Waals surface area contributed by atoms with E-state index in [1.807, 2.05) is 12.1 Å². The van der Waals surface area contributed by atoms with E-state index in [1.165, 1.54) is 22.5 Å². The minimum Gasteiger partial charge on any atom is -0.368 e. The van der Waals surface area contributed by atoms with Gasteiger partial charge < -0.3 is 4.74 Å². The second-order valence-electron chi connectivity index (χ2n) is 5.08. The largest absolute Gasteiger partial charge is 0.368 e. The molecule has 0 bridgehead atoms. The van der Waals surface area contributed by atoms with Crippen molar-refractivity contribution in [3.05, 3.63) is 35.4 Å². The first-order valence-electron chi connectivity index (χ1n) is 7.15. The first kappa shape index (κ1) is 15.5. The minimum absolute atomic E-state index is 0.121. The molecule has 1 N–H and O–H groups in total. The number of hydrogen-bond donors (Lipinski definition) is 1. The summed E-state index contributed by atoms with van der Waals surface area (Å²) in [7, 11) is 0. The molecule has 1 saturated heterocycles. The van der Waals surface area contributed by atoms with Gasteiger partial charge in [-0.2, -0.15) is 0 Å². The quantitative estimate of drug-likeness (QED) is 0.671. The number of hydrogen-bond acceptors (Lipinski definition) is 6. The standard InChI is InChI=1S/C15H17N3O2S2/c1-10-5-2-3-6-11(10)9-21-15-18-17-14(22-15)16-13(19)12-7-4-8-20-12/h2-3,5-6,12H,4,7-9H2,1H3,(H,16,17,19)/t12-/m0/s1. The summed E-state index contributed by atoms with van der Waals surface area (Å²) in [6, 6.07) is 8.29. The maximum absolute atomic E-state index is 11.9. The van der Waals surface area contributed by atoms with Crippen LogP contribution in [0, 0.1) is 6.92 Å². The molecule has 1 fully saturated rings. The summed E-state index contributed by atoms with van der Waals surface area (Å²) in [6.07, 6.45) is 1.37. The lowest BCUT2D eigenvalue weighted by molar-refractivity contribution is -0.124. The highest BCUT2D eigenvalue weighted by Gasteiger charge is 2.24. The van der Waals surface area contributed by atoms with E-state index in [-0.39, 0.29) is 12.0 Å². The summed E-state index contributed by atoms with van der Waals surface area (Å²) < 4.78 is 6.20. The zero-order valence-electron chi connectivity index (χ0n) is 12.2. The van der Waals surface area contributed by atoms with Crippen molar-refractivity contribution in [1.29, 1.82) is 0 Å². The van der Waals surface area contributed by atoms with Crippen molar-refractivity contribution in [3.63, 3.8) is 0 Å². The topological polar surface area (TPSA) is 64.1 Å². The third kappa shape index (κ3) is 3.85. The van der Waals surface area contributed by atoms with E-state index in [0.29, 0.717) is 11.7 Å². The molecule has 7 heteroatoms. The highest BCUT2D eigenvalue weighted by atomic mass is 32.2. The molecule has 0 spiro atoms. The van der Waals surface area contributed by atoms with E-state index >= 15 is 0 Å². The molecule has 1 aliphatic rings. The minimum atomic E-state index is -0.341. The van der Waals surface area contributed by atoms with Crippen molar-refractivity contribution < 1.29 is 9.53 Å². The number of ether oxygens (including phenoxy) is 1. The number of carbonyl (C=O) groups is 1. The number of nitrogens with one attached hydrogen (secondary N) is 1. The number of benzene rings is 1. The molecule has 2 heterocycles. The molecule has 116 valence electrons. The highest BCUT2D eigenvalue weighted by Crippen LogP contribution is 2.29. The van der Waals surface area contributed by atoms with Gasteiger partial charge in [-0.15, -0.1) is 10.2 Å². The fourth-order valence-corrected chi connectivity index (χ4v) is 4.03. The van der Waals surface area contributed by atoms with Gasteiger partial charge in [0.2, 0.25) is 5.13 Å². The molecule has 1 aromatic carbocycles. The van der Waals surface area contributed by atoms with Crippen LogP contribution >= 0.6 is 23.1 Å². The number of amides is 1. The van der Waals surface area contributed by atoms with Crippen molar-refractivity contribution in [3.8, 4) is 0 Å². The molecule has 22 heavy (non-hydrogen) atoms. The molecule has 0 saturated carbocycles. The van der Waals surface area contributed by atoms with Crippen molar-refractivity contribution in [1.82, 2.24) is 10.2 Å². The summed E-state index contributed by atoms with van der Waals surface area (Å²) in [5.41, 5.74) is 2.55. The van der Waals surface area contributed by atoms with Gasteiger partial charge in [0.15, 0.2) is 4.34 Å². The fourth-order valence-electron chi connectivity index (χ4n) is 2.20. The van der Waals surface area contributed by atoms with Crippen LogP contribution in [0.4, 0.5) is 5.13 Å². The molecule has 1 aromatic heterocycles. The number of thioether (sulfide) groups is 1. The summed E-state index contributed by atoms with van der Waals surface area (Å²) in [4.78, 5) is 11.9. The lowest BCUT2D eigenvalue weighted by Crippen LogP contribution is -2.26. The van der Waals surface area contributed by atoms with Gasteiger partial charge in [0.05, 0.1) is 0 Å². The molecule has 1 atom stereocenters. The van der Waals surface area contributed by atoms with Crippen molar-refractivity contribution in [2.75, 3.05) is 11.9 Å². The molecule has 0 radical (unpaired) electrons. The van der Waals surface area contributed by atoms with Gasteiger partial charge >= 0.3 is 0 Å². The van der Waals surface area contributed by atoms with Gasteiger partial charge in [-0.25, -0.2) is 0 Å². The zero-order valence-corrected chi connectivity index (χ0v) is 13.9. The lowest BCUT2D eigenvalue weighted by atomic mass is 10.1. The number of anilines is 1. The highest BCUT2D eigenvalue weighted by molar-refractivity contribution is 8.00. The van der Waals surface area contributed by atoms with E-state index in [1.54, 1.807) is 11.8 Å². The Balaban J connectivity index is 1.55. The van der Waals surface area contributed by atoms with Crippen LogP contribution in [-0.4, -0.2) is 28.8 Å². The van der Waals surface area contributed by atoms with Gasteiger partial charge in [-0.1, -0.05) is 47.4 Å². The summed E-state index contributed by atoms with van der Waals surface area (Å²) >= 11 is 3.03. The summed E-state index contributed by atoms with van der Waals surface area (Å²) in [5.74, 6) is 0.727. The normalized spacial score (nSPS) is 17.6. The Hall–Kier alpha value is -1.44. The SMILES string of the molecule is Cc1ccccc1CSc1nnc(NC(=O)[C@@H]2CCCO2)s1. The van der Waals surface area contributed by atoms with Crippen LogP contribution in [0.25, 0.3) is 0 Å². The first-order chi connectivity index (χ1) is 10.7. The van der Waals surface area contributed by atoms with Crippen LogP contribution in [0.5, 0.6) is 0 Å². The van der Waals surface area contributed by atoms with E-state index in [0.717, 1.165) is 22.9 Å². The van der Waals surface area contributed by atoms with Gasteiger partial charge in [0.25, 0.3) is 5.91 Å². The third-order valence-corrected chi connectivity index (χ3v) is 5.49. The number of aromatic nitrogens is 2. The monoisotopic (exact) mass is 335 g/mol. The van der Waals surface area contributed by atoms with E-state index < -0.39 is 0 Å². The summed E-state index contributed by atoms with van der Waals surface area (Å²) in [6.45, 7) is 2.76.